The van der Waals surface area contributed by atoms with Gasteiger partial charge in [-0.2, -0.15) is 0 Å². The van der Waals surface area contributed by atoms with Gasteiger partial charge in [-0.05, 0) is 53.2 Å². The molecule has 3 heterocycles. The predicted octanol–water partition coefficient (Wildman–Crippen LogP) is 3.61. The lowest BCUT2D eigenvalue weighted by Crippen LogP contribution is -2.50. The van der Waals surface area contributed by atoms with Crippen LogP contribution in [0.15, 0.2) is 44.4 Å². The van der Waals surface area contributed by atoms with Gasteiger partial charge >= 0.3 is 11.9 Å². The summed E-state index contributed by atoms with van der Waals surface area (Å²) in [6, 6.07) is 1.25. The fourth-order valence-corrected chi connectivity index (χ4v) is 8.49. The van der Waals surface area contributed by atoms with Crippen molar-refractivity contribution in [3.63, 3.8) is 0 Å². The Hall–Kier alpha value is -2.75. The van der Waals surface area contributed by atoms with Crippen molar-refractivity contribution in [3.05, 3.63) is 61.7 Å². The van der Waals surface area contributed by atoms with E-state index in [4.69, 9.17) is 9.84 Å². The molecule has 2 N–H and O–H groups in total. The van der Waals surface area contributed by atoms with Gasteiger partial charge in [-0.25, -0.2) is 31.3 Å². The minimum absolute atomic E-state index is 0.0925. The molecule has 2 aliphatic heterocycles. The third kappa shape index (κ3) is 5.19. The van der Waals surface area contributed by atoms with Gasteiger partial charge in [0.25, 0.3) is 0 Å². The van der Waals surface area contributed by atoms with Crippen molar-refractivity contribution in [1.82, 2.24) is 14.6 Å². The van der Waals surface area contributed by atoms with Crippen LogP contribution in [-0.4, -0.2) is 66.0 Å². The number of methoxy groups -OCH3 is 1. The summed E-state index contributed by atoms with van der Waals surface area (Å²) in [6.07, 6.45) is 2.48. The molecule has 1 saturated carbocycles. The number of carbonyl (C=O) groups is 2. The zero-order valence-corrected chi connectivity index (χ0v) is 24.4. The first-order valence-electron chi connectivity index (χ1n) is 12.4. The maximum Gasteiger partial charge on any atom is 0.338 e. The Morgan fingerprint density at radius 1 is 1.23 bits per heavy atom. The number of hydrogen-bond acceptors (Lipinski definition) is 9. The van der Waals surface area contributed by atoms with Gasteiger partial charge in [0.2, 0.25) is 10.0 Å². The summed E-state index contributed by atoms with van der Waals surface area (Å²) < 4.78 is 61.0. The smallest absolute Gasteiger partial charge is 0.338 e. The summed E-state index contributed by atoms with van der Waals surface area (Å²) in [5.74, 6) is -4.51. The number of piperidine rings is 1. The van der Waals surface area contributed by atoms with Gasteiger partial charge < -0.3 is 15.2 Å². The van der Waals surface area contributed by atoms with Crippen molar-refractivity contribution in [2.24, 2.45) is 16.8 Å². The molecular formula is C25H25BrF2N4O6S2. The Balaban J connectivity index is 1.48. The van der Waals surface area contributed by atoms with Gasteiger partial charge in [0.15, 0.2) is 22.5 Å². The Morgan fingerprint density at radius 3 is 2.52 bits per heavy atom. The van der Waals surface area contributed by atoms with E-state index in [1.165, 1.54) is 28.8 Å². The molecule has 0 amide bonds. The maximum absolute atomic E-state index is 14.6. The molecule has 1 aliphatic carbocycles. The lowest BCUT2D eigenvalue weighted by molar-refractivity contribution is -0.144. The molecule has 0 unspecified atom stereocenters. The Morgan fingerprint density at radius 2 is 1.93 bits per heavy atom. The molecule has 2 aromatic rings. The summed E-state index contributed by atoms with van der Waals surface area (Å²) in [6.45, 7) is 0.342. The minimum atomic E-state index is -3.67. The fourth-order valence-electron chi connectivity index (χ4n) is 5.27. The number of rotatable bonds is 7. The van der Waals surface area contributed by atoms with Crippen LogP contribution in [0.25, 0.3) is 0 Å². The summed E-state index contributed by atoms with van der Waals surface area (Å²) in [7, 11) is -2.46. The number of ether oxygens (including phenoxy) is 1. The first-order valence-corrected chi connectivity index (χ1v) is 15.6. The Labute approximate surface area is 241 Å². The number of sulfonamides is 1. The molecule has 0 spiro atoms. The number of benzene rings is 1. The van der Waals surface area contributed by atoms with E-state index in [1.54, 1.807) is 11.6 Å². The lowest BCUT2D eigenvalue weighted by atomic mass is 9.85. The second-order valence-corrected chi connectivity index (χ2v) is 13.7. The number of esters is 1. The number of aromatic nitrogens is 1. The molecule has 3 aliphatic rings. The molecule has 214 valence electrons. The molecule has 40 heavy (non-hydrogen) atoms. The topological polar surface area (TPSA) is 138 Å². The highest BCUT2D eigenvalue weighted by molar-refractivity contribution is 9.10. The van der Waals surface area contributed by atoms with Gasteiger partial charge in [-0.3, -0.25) is 9.79 Å². The zero-order chi connectivity index (χ0) is 28.8. The summed E-state index contributed by atoms with van der Waals surface area (Å²) in [5, 5.41) is 13.9. The van der Waals surface area contributed by atoms with Crippen LogP contribution in [0.1, 0.15) is 42.3 Å². The van der Waals surface area contributed by atoms with Gasteiger partial charge in [0, 0.05) is 36.3 Å². The van der Waals surface area contributed by atoms with Crippen LogP contribution < -0.4 is 5.32 Å². The van der Waals surface area contributed by atoms with Gasteiger partial charge in [-0.15, -0.1) is 11.3 Å². The molecule has 2 fully saturated rings. The van der Waals surface area contributed by atoms with Crippen molar-refractivity contribution >= 4 is 55.1 Å². The molecule has 10 nitrogen and oxygen atoms in total. The number of aliphatic imine (C=N–C) groups is 1. The number of aliphatic carboxylic acids is 1. The van der Waals surface area contributed by atoms with Crippen molar-refractivity contribution in [3.8, 4) is 0 Å². The number of thiazole rings is 1. The summed E-state index contributed by atoms with van der Waals surface area (Å²) >= 11 is 4.42. The van der Waals surface area contributed by atoms with E-state index in [0.29, 0.717) is 29.4 Å². The van der Waals surface area contributed by atoms with Crippen molar-refractivity contribution < 1.29 is 36.6 Å². The first-order chi connectivity index (χ1) is 19.0. The molecule has 0 radical (unpaired) electrons. The number of carboxylic acid groups (broad SMARTS) is 1. The van der Waals surface area contributed by atoms with E-state index in [9.17, 15) is 26.8 Å². The van der Waals surface area contributed by atoms with E-state index >= 15 is 0 Å². The second-order valence-electron chi connectivity index (χ2n) is 9.77. The molecule has 1 saturated heterocycles. The maximum atomic E-state index is 14.6. The largest absolute Gasteiger partial charge is 0.481 e. The van der Waals surface area contributed by atoms with Gasteiger partial charge in [0.05, 0.1) is 28.3 Å². The molecule has 5 rings (SSSR count). The average molecular weight is 660 g/mol. The molecule has 1 aromatic carbocycles. The van der Waals surface area contributed by atoms with Crippen LogP contribution >= 0.6 is 27.3 Å². The minimum Gasteiger partial charge on any atom is -0.481 e. The van der Waals surface area contributed by atoms with Crippen molar-refractivity contribution in [2.45, 2.75) is 37.0 Å². The number of nitrogens with zero attached hydrogens (tertiary/aromatic N) is 3. The Kier molecular flexibility index (Phi) is 8.10. The molecule has 1 atom stereocenters. The third-order valence-electron chi connectivity index (χ3n) is 7.56. The van der Waals surface area contributed by atoms with Crippen LogP contribution in [0.4, 0.5) is 8.78 Å². The number of halogens is 3. The third-order valence-corrected chi connectivity index (χ3v) is 11.5. The van der Waals surface area contributed by atoms with Crippen LogP contribution in [0.3, 0.4) is 0 Å². The SMILES string of the molecule is COC(=O)C1=C(C2CCN(S(=O)(=O)C3CC(C(=O)O)C3)CC2)NC(c2nccs2)=N[C@@H]1c1ccc(F)c(F)c1Br. The van der Waals surface area contributed by atoms with Crippen molar-refractivity contribution in [2.75, 3.05) is 20.2 Å². The van der Waals surface area contributed by atoms with Crippen LogP contribution in [0.2, 0.25) is 0 Å². The van der Waals surface area contributed by atoms with Gasteiger partial charge in [0.1, 0.15) is 6.04 Å². The summed E-state index contributed by atoms with van der Waals surface area (Å²) in [5.41, 5.74) is 0.782. The predicted molar refractivity (Wildman–Crippen MR) is 145 cm³/mol. The number of allylic oxidation sites excluding steroid dienone is 1. The number of hydrogen-bond donors (Lipinski definition) is 2. The first kappa shape index (κ1) is 28.8. The highest BCUT2D eigenvalue weighted by atomic mass is 79.9. The summed E-state index contributed by atoms with van der Waals surface area (Å²) in [4.78, 5) is 33.3. The van der Waals surface area contributed by atoms with E-state index in [2.05, 4.69) is 31.2 Å². The standard InChI is InChI=1S/C25H25BrF2N4O6S2/c1-38-25(35)17-20(12-4-7-32(8-5-12)40(36,37)14-10-13(11-14)24(33)34)30-22(23-29-6-9-39-23)31-21(17)15-2-3-16(27)19(28)18(15)26/h2-3,6,9,12-14,21H,4-5,7-8,10-11H2,1H3,(H,30,31)(H,33,34)/t13?,14?,21-/m1/s1. The lowest BCUT2D eigenvalue weighted by Gasteiger charge is -2.40. The molecule has 0 bridgehead atoms. The second kappa shape index (κ2) is 11.3. The molecule has 15 heteroatoms. The molecule has 1 aromatic heterocycles. The number of carboxylic acids is 1. The Bertz CT molecular complexity index is 1500. The van der Waals surface area contributed by atoms with Crippen molar-refractivity contribution in [1.29, 1.82) is 0 Å². The highest BCUT2D eigenvalue weighted by Crippen LogP contribution is 2.42. The van der Waals surface area contributed by atoms with E-state index in [1.807, 2.05) is 0 Å². The fraction of sp³-hybridized carbons (Fsp3) is 0.440. The molecular weight excluding hydrogens is 634 g/mol. The number of carbonyl (C=O) groups excluding carboxylic acids is 1. The number of amidine groups is 1. The van der Waals surface area contributed by atoms with Gasteiger partial charge in [-0.1, -0.05) is 6.07 Å². The van der Waals surface area contributed by atoms with E-state index in [-0.39, 0.29) is 47.5 Å². The number of nitrogens with one attached hydrogen (secondary N) is 1. The van der Waals surface area contributed by atoms with Crippen LogP contribution in [0.5, 0.6) is 0 Å². The van der Waals surface area contributed by atoms with E-state index < -0.39 is 50.8 Å². The average Bonchev–Trinajstić information content (AvgIpc) is 3.45. The monoisotopic (exact) mass is 658 g/mol. The normalized spacial score (nSPS) is 24.2. The van der Waals surface area contributed by atoms with Crippen LogP contribution in [-0.2, 0) is 24.3 Å². The van der Waals surface area contributed by atoms with Crippen LogP contribution in [0, 0.1) is 23.5 Å². The zero-order valence-electron chi connectivity index (χ0n) is 21.1. The quantitative estimate of drug-likeness (QED) is 0.340. The van der Waals surface area contributed by atoms with E-state index in [0.717, 1.165) is 6.07 Å². The highest BCUT2D eigenvalue weighted by Gasteiger charge is 2.46.